The van der Waals surface area contributed by atoms with E-state index in [1.54, 1.807) is 12.3 Å². The summed E-state index contributed by atoms with van der Waals surface area (Å²) in [5.74, 6) is 0.195. The van der Waals surface area contributed by atoms with Crippen molar-refractivity contribution < 1.29 is 13.2 Å². The number of alkyl halides is 5. The molecule has 118 valence electrons. The van der Waals surface area contributed by atoms with E-state index >= 15 is 0 Å². The molecule has 1 unspecified atom stereocenters. The van der Waals surface area contributed by atoms with E-state index in [-0.39, 0.29) is 24.9 Å². The molecule has 1 aromatic heterocycles. The molecule has 1 fully saturated rings. The summed E-state index contributed by atoms with van der Waals surface area (Å²) in [5.41, 5.74) is 0.152. The second-order valence-electron chi connectivity index (χ2n) is 4.99. The third kappa shape index (κ3) is 3.05. The zero-order valence-corrected chi connectivity index (χ0v) is 15.3. The Bertz CT molecular complexity index is 720. The molecular weight excluding hydrogens is 472 g/mol. The Hall–Kier alpha value is -0.240. The smallest absolute Gasteiger partial charge is 0.238 e. The van der Waals surface area contributed by atoms with Crippen LogP contribution in [0.25, 0.3) is 5.69 Å². The third-order valence-corrected chi connectivity index (χ3v) is 5.70. The quantitative estimate of drug-likeness (QED) is 0.472. The van der Waals surface area contributed by atoms with Crippen LogP contribution in [0.1, 0.15) is 23.6 Å². The summed E-state index contributed by atoms with van der Waals surface area (Å²) in [6, 6.07) is 3.49. The van der Waals surface area contributed by atoms with Crippen molar-refractivity contribution in [3.8, 4) is 5.69 Å². The number of nitrogens with zero attached hydrogens (tertiary/aromatic N) is 2. The zero-order valence-electron chi connectivity index (χ0n) is 10.6. The van der Waals surface area contributed by atoms with Crippen molar-refractivity contribution in [2.24, 2.45) is 0 Å². The summed E-state index contributed by atoms with van der Waals surface area (Å²) >= 11 is 19.0. The van der Waals surface area contributed by atoms with Crippen LogP contribution in [0.15, 0.2) is 24.4 Å². The molecule has 9 heteroatoms. The highest BCUT2D eigenvalue weighted by Crippen LogP contribution is 2.61. The van der Waals surface area contributed by atoms with Crippen molar-refractivity contribution in [2.45, 2.75) is 21.7 Å². The Morgan fingerprint density at radius 1 is 1.23 bits per heavy atom. The first-order valence-corrected chi connectivity index (χ1v) is 8.44. The maximum absolute atomic E-state index is 12.7. The van der Waals surface area contributed by atoms with Crippen molar-refractivity contribution in [2.75, 3.05) is 0 Å². The molecule has 0 spiro atoms. The van der Waals surface area contributed by atoms with Crippen molar-refractivity contribution in [3.63, 3.8) is 0 Å². The molecule has 2 aromatic rings. The summed E-state index contributed by atoms with van der Waals surface area (Å²) in [5, 5.41) is 4.15. The molecule has 0 bridgehead atoms. The molecule has 0 aliphatic heterocycles. The van der Waals surface area contributed by atoms with E-state index in [9.17, 15) is 13.2 Å². The molecule has 0 saturated heterocycles. The maximum atomic E-state index is 12.7. The first kappa shape index (κ1) is 16.6. The molecular formula is C13H7Br2Cl2F3N2. The Kier molecular flexibility index (Phi) is 4.07. The fourth-order valence-electron chi connectivity index (χ4n) is 2.13. The van der Waals surface area contributed by atoms with Gasteiger partial charge in [0.2, 0.25) is 0 Å². The first-order chi connectivity index (χ1) is 10.1. The number of halogens is 7. The van der Waals surface area contributed by atoms with Crippen LogP contribution in [0.3, 0.4) is 0 Å². The predicted octanol–water partition coefficient (Wildman–Crippen LogP) is 6.17. The Morgan fingerprint density at radius 2 is 1.77 bits per heavy atom. The summed E-state index contributed by atoms with van der Waals surface area (Å²) in [7, 11) is 0. The van der Waals surface area contributed by atoms with E-state index in [1.165, 1.54) is 4.68 Å². The molecule has 1 aromatic carbocycles. The van der Waals surface area contributed by atoms with Gasteiger partial charge in [-0.3, -0.25) is 0 Å². The second-order valence-corrected chi connectivity index (χ2v) is 9.70. The predicted molar refractivity (Wildman–Crippen MR) is 86.5 cm³/mol. The highest BCUT2D eigenvalue weighted by atomic mass is 79.9. The molecule has 1 aliphatic rings. The molecule has 1 heterocycles. The van der Waals surface area contributed by atoms with Gasteiger partial charge in [-0.25, -0.2) is 4.68 Å². The lowest BCUT2D eigenvalue weighted by Crippen LogP contribution is -2.07. The molecule has 22 heavy (non-hydrogen) atoms. The van der Waals surface area contributed by atoms with E-state index in [2.05, 4.69) is 37.0 Å². The summed E-state index contributed by atoms with van der Waals surface area (Å²) < 4.78 is 39.4. The number of hydrogen-bond donors (Lipinski definition) is 0. The lowest BCUT2D eigenvalue weighted by atomic mass is 10.2. The normalized spacial score (nSPS) is 20.2. The minimum Gasteiger partial charge on any atom is -0.238 e. The van der Waals surface area contributed by atoms with E-state index in [1.807, 2.05) is 0 Å². The highest BCUT2D eigenvalue weighted by Gasteiger charge is 2.52. The lowest BCUT2D eigenvalue weighted by molar-refractivity contribution is -0.137. The van der Waals surface area contributed by atoms with Crippen LogP contribution in [-0.4, -0.2) is 13.0 Å². The number of rotatable bonds is 2. The maximum Gasteiger partial charge on any atom is 0.416 e. The monoisotopic (exact) mass is 476 g/mol. The van der Waals surface area contributed by atoms with Crippen molar-refractivity contribution in [1.82, 2.24) is 9.78 Å². The molecule has 1 aliphatic carbocycles. The van der Waals surface area contributed by atoms with Gasteiger partial charge in [-0.15, -0.1) is 0 Å². The van der Waals surface area contributed by atoms with Gasteiger partial charge in [0.1, 0.15) is 5.69 Å². The minimum absolute atomic E-state index is 0.103. The number of aromatic nitrogens is 2. The molecule has 1 atom stereocenters. The fourth-order valence-corrected chi connectivity index (χ4v) is 3.91. The van der Waals surface area contributed by atoms with Gasteiger partial charge in [0, 0.05) is 12.1 Å². The van der Waals surface area contributed by atoms with E-state index < -0.39 is 11.7 Å². The fraction of sp³-hybridized carbons (Fsp3) is 0.308. The largest absolute Gasteiger partial charge is 0.416 e. The third-order valence-electron chi connectivity index (χ3n) is 3.37. The standard InChI is InChI=1S/C13H7Br2Cl2F3N2/c14-12(15)5-7(12)10-1-2-22(21-10)11-8(16)3-6(4-9(11)17)13(18,19)20/h1-4,7H,5H2. The van der Waals surface area contributed by atoms with Crippen LogP contribution < -0.4 is 0 Å². The Labute approximate surface area is 150 Å². The lowest BCUT2D eigenvalue weighted by Gasteiger charge is -2.12. The molecule has 2 nitrogen and oxygen atoms in total. The molecule has 0 amide bonds. The van der Waals surface area contributed by atoms with Gasteiger partial charge in [0.15, 0.2) is 0 Å². The first-order valence-electron chi connectivity index (χ1n) is 6.09. The van der Waals surface area contributed by atoms with Gasteiger partial charge in [-0.2, -0.15) is 18.3 Å². The van der Waals surface area contributed by atoms with Crippen molar-refractivity contribution in [3.05, 3.63) is 45.7 Å². The zero-order chi connectivity index (χ0) is 16.3. The van der Waals surface area contributed by atoms with Gasteiger partial charge < -0.3 is 0 Å². The van der Waals surface area contributed by atoms with Crippen molar-refractivity contribution in [1.29, 1.82) is 0 Å². The van der Waals surface area contributed by atoms with Gasteiger partial charge in [0.05, 0.1) is 24.5 Å². The van der Waals surface area contributed by atoms with Crippen LogP contribution in [0.4, 0.5) is 13.2 Å². The highest BCUT2D eigenvalue weighted by molar-refractivity contribution is 9.25. The average Bonchev–Trinajstić information content (AvgIpc) is 2.82. The summed E-state index contributed by atoms with van der Waals surface area (Å²) in [6.07, 6.45) is -2.00. The molecule has 1 saturated carbocycles. The van der Waals surface area contributed by atoms with Gasteiger partial charge in [-0.1, -0.05) is 55.1 Å². The molecule has 3 rings (SSSR count). The van der Waals surface area contributed by atoms with Crippen LogP contribution in [-0.2, 0) is 6.18 Å². The summed E-state index contributed by atoms with van der Waals surface area (Å²) in [4.78, 5) is 0. The van der Waals surface area contributed by atoms with E-state index in [0.717, 1.165) is 24.2 Å². The van der Waals surface area contributed by atoms with Gasteiger partial charge in [-0.05, 0) is 24.6 Å². The van der Waals surface area contributed by atoms with Crippen LogP contribution in [0.5, 0.6) is 0 Å². The van der Waals surface area contributed by atoms with Gasteiger partial charge >= 0.3 is 6.18 Å². The Morgan fingerprint density at radius 3 is 2.23 bits per heavy atom. The van der Waals surface area contributed by atoms with Crippen molar-refractivity contribution >= 4 is 55.1 Å². The van der Waals surface area contributed by atoms with Crippen LogP contribution in [0.2, 0.25) is 10.0 Å². The number of benzene rings is 1. The molecule has 0 radical (unpaired) electrons. The Balaban J connectivity index is 1.99. The van der Waals surface area contributed by atoms with Crippen LogP contribution >= 0.6 is 55.1 Å². The SMILES string of the molecule is FC(F)(F)c1cc(Cl)c(-n2ccc(C3CC3(Br)Br)n2)c(Cl)c1. The minimum atomic E-state index is -4.50. The topological polar surface area (TPSA) is 17.8 Å². The van der Waals surface area contributed by atoms with E-state index in [4.69, 9.17) is 23.2 Å². The number of hydrogen-bond acceptors (Lipinski definition) is 1. The average molecular weight is 479 g/mol. The molecule has 0 N–H and O–H groups in total. The van der Waals surface area contributed by atoms with E-state index in [0.29, 0.717) is 0 Å². The van der Waals surface area contributed by atoms with Crippen LogP contribution in [0, 0.1) is 0 Å². The summed E-state index contributed by atoms with van der Waals surface area (Å²) in [6.45, 7) is 0. The second kappa shape index (κ2) is 5.40. The van der Waals surface area contributed by atoms with Gasteiger partial charge in [0.25, 0.3) is 0 Å².